The van der Waals surface area contributed by atoms with Crippen LogP contribution in [0.2, 0.25) is 0 Å². The number of anilines is 1. The zero-order valence-corrected chi connectivity index (χ0v) is 16.6. The van der Waals surface area contributed by atoms with E-state index in [4.69, 9.17) is 0 Å². The van der Waals surface area contributed by atoms with Crippen molar-refractivity contribution in [3.05, 3.63) is 59.7 Å². The first-order chi connectivity index (χ1) is 13.4. The summed E-state index contributed by atoms with van der Waals surface area (Å²) in [5, 5.41) is 5.25. The first kappa shape index (κ1) is 19.9. The third-order valence-corrected chi connectivity index (χ3v) is 6.15. The van der Waals surface area contributed by atoms with Gasteiger partial charge < -0.3 is 5.32 Å². The van der Waals surface area contributed by atoms with Crippen molar-refractivity contribution < 1.29 is 18.6 Å². The zero-order valence-electron chi connectivity index (χ0n) is 15.8. The van der Waals surface area contributed by atoms with Gasteiger partial charge in [0.1, 0.15) is 0 Å². The van der Waals surface area contributed by atoms with Crippen LogP contribution in [0.3, 0.4) is 0 Å². The van der Waals surface area contributed by atoms with Gasteiger partial charge >= 0.3 is 0 Å². The quantitative estimate of drug-likeness (QED) is 0.758. The lowest BCUT2D eigenvalue weighted by Crippen LogP contribution is -2.51. The van der Waals surface area contributed by atoms with Crippen molar-refractivity contribution in [1.29, 1.82) is 0 Å². The van der Waals surface area contributed by atoms with E-state index in [9.17, 15) is 18.6 Å². The second-order valence-corrected chi connectivity index (χ2v) is 8.20. The molecular weight excluding hydrogens is 376 g/mol. The van der Waals surface area contributed by atoms with Gasteiger partial charge in [-0.3, -0.25) is 23.9 Å². The molecule has 146 valence electrons. The minimum absolute atomic E-state index is 0.240. The van der Waals surface area contributed by atoms with E-state index in [1.54, 1.807) is 42.7 Å². The maximum absolute atomic E-state index is 12.5. The van der Waals surface area contributed by atoms with Crippen molar-refractivity contribution in [2.75, 3.05) is 11.6 Å². The highest BCUT2D eigenvalue weighted by Crippen LogP contribution is 2.36. The van der Waals surface area contributed by atoms with Crippen LogP contribution in [0.25, 0.3) is 0 Å². The van der Waals surface area contributed by atoms with E-state index in [2.05, 4.69) is 10.6 Å². The smallest absolute Gasteiger partial charge is 0.255 e. The van der Waals surface area contributed by atoms with E-state index >= 15 is 0 Å². The van der Waals surface area contributed by atoms with Crippen molar-refractivity contribution in [2.45, 2.75) is 36.5 Å². The van der Waals surface area contributed by atoms with Gasteiger partial charge in [-0.25, -0.2) is 0 Å². The molecule has 28 heavy (non-hydrogen) atoms. The summed E-state index contributed by atoms with van der Waals surface area (Å²) in [5.74, 6) is -0.778. The second kappa shape index (κ2) is 8.06. The van der Waals surface area contributed by atoms with Gasteiger partial charge in [0, 0.05) is 39.6 Å². The van der Waals surface area contributed by atoms with Crippen molar-refractivity contribution in [2.24, 2.45) is 0 Å². The molecular formula is C21H22N2O4S. The van der Waals surface area contributed by atoms with Gasteiger partial charge in [-0.2, -0.15) is 0 Å². The Morgan fingerprint density at radius 2 is 1.75 bits per heavy atom. The average molecular weight is 398 g/mol. The Morgan fingerprint density at radius 3 is 2.29 bits per heavy atom. The van der Waals surface area contributed by atoms with Crippen molar-refractivity contribution in [1.82, 2.24) is 5.32 Å². The molecule has 0 spiro atoms. The molecule has 2 atom stereocenters. The molecule has 3 rings (SSSR count). The molecule has 0 aliphatic carbocycles. The SMILES string of the molecule is CCC1(c2ccc(NC(=O)c3ccc(S(C)=O)cc3)cc2)CCC(=O)NC1=O. The average Bonchev–Trinajstić information content (AvgIpc) is 2.69. The van der Waals surface area contributed by atoms with Crippen LogP contribution in [-0.2, 0) is 25.8 Å². The predicted molar refractivity (Wildman–Crippen MR) is 108 cm³/mol. The molecule has 1 heterocycles. The van der Waals surface area contributed by atoms with Crippen LogP contribution in [0.5, 0.6) is 0 Å². The van der Waals surface area contributed by atoms with Crippen LogP contribution < -0.4 is 10.6 Å². The summed E-state index contributed by atoms with van der Waals surface area (Å²) in [6.07, 6.45) is 2.97. The van der Waals surface area contributed by atoms with Gasteiger partial charge in [0.05, 0.1) is 5.41 Å². The Bertz CT molecular complexity index is 938. The largest absolute Gasteiger partial charge is 0.322 e. The van der Waals surface area contributed by atoms with E-state index in [-0.39, 0.29) is 17.7 Å². The molecule has 0 bridgehead atoms. The molecule has 1 saturated heterocycles. The summed E-state index contributed by atoms with van der Waals surface area (Å²) in [6.45, 7) is 1.93. The van der Waals surface area contributed by atoms with Crippen LogP contribution in [0, 0.1) is 0 Å². The highest BCUT2D eigenvalue weighted by atomic mass is 32.2. The summed E-state index contributed by atoms with van der Waals surface area (Å²) < 4.78 is 11.4. The molecule has 2 unspecified atom stereocenters. The molecule has 1 aliphatic rings. The summed E-state index contributed by atoms with van der Waals surface area (Å²) in [6, 6.07) is 13.7. The van der Waals surface area contributed by atoms with Gasteiger partial charge in [-0.05, 0) is 54.8 Å². The van der Waals surface area contributed by atoms with Crippen LogP contribution in [0.1, 0.15) is 42.1 Å². The van der Waals surface area contributed by atoms with Gasteiger partial charge in [0.15, 0.2) is 0 Å². The van der Waals surface area contributed by atoms with Crippen LogP contribution in [-0.4, -0.2) is 28.2 Å². The number of imide groups is 1. The van der Waals surface area contributed by atoms with Crippen molar-refractivity contribution >= 4 is 34.2 Å². The fourth-order valence-electron chi connectivity index (χ4n) is 3.44. The number of nitrogens with one attached hydrogen (secondary N) is 2. The molecule has 0 aromatic heterocycles. The number of hydrogen-bond donors (Lipinski definition) is 2. The maximum atomic E-state index is 12.5. The highest BCUT2D eigenvalue weighted by molar-refractivity contribution is 7.84. The minimum atomic E-state index is -1.09. The molecule has 1 aliphatic heterocycles. The third-order valence-electron chi connectivity index (χ3n) is 5.21. The summed E-state index contributed by atoms with van der Waals surface area (Å²) >= 11 is 0. The molecule has 2 N–H and O–H groups in total. The van der Waals surface area contributed by atoms with Gasteiger partial charge in [-0.15, -0.1) is 0 Å². The lowest BCUT2D eigenvalue weighted by molar-refractivity contribution is -0.138. The summed E-state index contributed by atoms with van der Waals surface area (Å²) in [7, 11) is -1.09. The van der Waals surface area contributed by atoms with E-state index in [1.807, 2.05) is 19.1 Å². The van der Waals surface area contributed by atoms with Crippen molar-refractivity contribution in [3.8, 4) is 0 Å². The lowest BCUT2D eigenvalue weighted by atomic mass is 9.72. The molecule has 6 nitrogen and oxygen atoms in total. The number of carbonyl (C=O) groups excluding carboxylic acids is 3. The van der Waals surface area contributed by atoms with Gasteiger partial charge in [-0.1, -0.05) is 19.1 Å². The molecule has 0 radical (unpaired) electrons. The third kappa shape index (κ3) is 3.89. The first-order valence-electron chi connectivity index (χ1n) is 9.05. The van der Waals surface area contributed by atoms with Crippen LogP contribution >= 0.6 is 0 Å². The first-order valence-corrected chi connectivity index (χ1v) is 10.6. The van der Waals surface area contributed by atoms with Crippen LogP contribution in [0.4, 0.5) is 5.69 Å². The number of carbonyl (C=O) groups is 3. The Hall–Kier alpha value is -2.80. The molecule has 7 heteroatoms. The van der Waals surface area contributed by atoms with E-state index in [0.29, 0.717) is 35.4 Å². The fraction of sp³-hybridized carbons (Fsp3) is 0.286. The number of rotatable bonds is 5. The predicted octanol–water partition coefficient (Wildman–Crippen LogP) is 2.76. The van der Waals surface area contributed by atoms with Gasteiger partial charge in [0.2, 0.25) is 11.8 Å². The summed E-state index contributed by atoms with van der Waals surface area (Å²) in [5.41, 5.74) is 1.18. The van der Waals surface area contributed by atoms with Crippen LogP contribution in [0.15, 0.2) is 53.4 Å². The fourth-order valence-corrected chi connectivity index (χ4v) is 3.96. The van der Waals surface area contributed by atoms with E-state index in [1.165, 1.54) is 0 Å². The number of benzene rings is 2. The van der Waals surface area contributed by atoms with Gasteiger partial charge in [0.25, 0.3) is 5.91 Å². The lowest BCUT2D eigenvalue weighted by Gasteiger charge is -2.35. The Kier molecular flexibility index (Phi) is 5.74. The summed E-state index contributed by atoms with van der Waals surface area (Å²) in [4.78, 5) is 37.0. The molecule has 2 aromatic carbocycles. The monoisotopic (exact) mass is 398 g/mol. The van der Waals surface area contributed by atoms with Crippen molar-refractivity contribution in [3.63, 3.8) is 0 Å². The normalized spacial score (nSPS) is 20.4. The Labute approximate surface area is 166 Å². The Balaban J connectivity index is 1.75. The number of piperidine rings is 1. The standard InChI is InChI=1S/C21H22N2O4S/c1-3-21(13-12-18(24)23-20(21)26)15-6-8-16(9-7-15)22-19(25)14-4-10-17(11-5-14)28(2)27/h4-11H,3,12-13H2,1-2H3,(H,22,25)(H,23,24,26). The number of hydrogen-bond acceptors (Lipinski definition) is 4. The highest BCUT2D eigenvalue weighted by Gasteiger charge is 2.42. The van der Waals surface area contributed by atoms with E-state index < -0.39 is 16.2 Å². The Morgan fingerprint density at radius 1 is 1.11 bits per heavy atom. The molecule has 3 amide bonds. The minimum Gasteiger partial charge on any atom is -0.322 e. The molecule has 0 saturated carbocycles. The second-order valence-electron chi connectivity index (χ2n) is 6.82. The van der Waals surface area contributed by atoms with E-state index in [0.717, 1.165) is 5.56 Å². The molecule has 1 fully saturated rings. The zero-order chi connectivity index (χ0) is 20.3. The topological polar surface area (TPSA) is 92.3 Å². The molecule has 2 aromatic rings. The maximum Gasteiger partial charge on any atom is 0.255 e. The number of amides is 3.